The number of rotatable bonds is 10. The van der Waals surface area contributed by atoms with Crippen LogP contribution in [-0.2, 0) is 14.3 Å². The van der Waals surface area contributed by atoms with Crippen molar-refractivity contribution in [3.8, 4) is 0 Å². The molecule has 0 amide bonds. The van der Waals surface area contributed by atoms with Gasteiger partial charge in [0.15, 0.2) is 11.1 Å². The summed E-state index contributed by atoms with van der Waals surface area (Å²) in [6.45, 7) is 14.3. The molecule has 0 aromatic heterocycles. The fourth-order valence-corrected chi connectivity index (χ4v) is 5.70. The van der Waals surface area contributed by atoms with Crippen molar-refractivity contribution in [2.75, 3.05) is 0 Å². The lowest BCUT2D eigenvalue weighted by molar-refractivity contribution is -0.231. The Bertz CT molecular complexity index is 574. The van der Waals surface area contributed by atoms with E-state index < -0.39 is 11.4 Å². The van der Waals surface area contributed by atoms with Crippen LogP contribution in [0.2, 0.25) is 0 Å². The van der Waals surface area contributed by atoms with Crippen molar-refractivity contribution < 1.29 is 14.3 Å². The second kappa shape index (κ2) is 11.6. The summed E-state index contributed by atoms with van der Waals surface area (Å²) in [6, 6.07) is 0. The second-order valence-corrected chi connectivity index (χ2v) is 11.6. The van der Waals surface area contributed by atoms with Crippen LogP contribution in [-0.4, -0.2) is 29.3 Å². The monoisotopic (exact) mass is 455 g/mol. The van der Waals surface area contributed by atoms with E-state index >= 15 is 0 Å². The minimum atomic E-state index is -0.931. The van der Waals surface area contributed by atoms with Gasteiger partial charge in [-0.15, -0.1) is 4.91 Å². The van der Waals surface area contributed by atoms with Gasteiger partial charge in [-0.1, -0.05) is 39.0 Å². The van der Waals surface area contributed by atoms with Gasteiger partial charge in [-0.25, -0.2) is 10.9 Å². The molecule has 0 saturated heterocycles. The highest BCUT2D eigenvalue weighted by molar-refractivity contribution is 5.01. The molecule has 7 heteroatoms. The average Bonchev–Trinajstić information content (AvgIpc) is 2.86. The van der Waals surface area contributed by atoms with E-state index in [1.54, 1.807) is 13.8 Å². The number of nitrogens with zero attached hydrogens (tertiary/aromatic N) is 1. The molecule has 2 aliphatic carbocycles. The van der Waals surface area contributed by atoms with Crippen LogP contribution >= 0.6 is 0 Å². The lowest BCUT2D eigenvalue weighted by atomic mass is 9.63. The number of hydrazine groups is 1. The van der Waals surface area contributed by atoms with Crippen LogP contribution in [0.5, 0.6) is 0 Å². The average molecular weight is 456 g/mol. The summed E-state index contributed by atoms with van der Waals surface area (Å²) in [7, 11) is 0. The molecule has 0 aliphatic heterocycles. The molecule has 2 fully saturated rings. The van der Waals surface area contributed by atoms with E-state index in [0.717, 1.165) is 32.1 Å². The molecule has 2 rings (SSSR count). The first-order chi connectivity index (χ1) is 14.9. The van der Waals surface area contributed by atoms with Gasteiger partial charge >= 0.3 is 0 Å². The minimum absolute atomic E-state index is 0.120. The lowest BCUT2D eigenvalue weighted by Crippen LogP contribution is -2.62. The summed E-state index contributed by atoms with van der Waals surface area (Å²) < 4.78 is 13.4. The largest absolute Gasteiger partial charge is 0.376 e. The van der Waals surface area contributed by atoms with Gasteiger partial charge in [0.25, 0.3) is 0 Å². The predicted molar refractivity (Wildman–Crippen MR) is 129 cm³/mol. The Morgan fingerprint density at radius 1 is 0.844 bits per heavy atom. The van der Waals surface area contributed by atoms with Crippen molar-refractivity contribution in [2.45, 2.75) is 155 Å². The van der Waals surface area contributed by atoms with Crippen LogP contribution < -0.4 is 10.9 Å². The number of hydrogen-bond acceptors (Lipinski definition) is 7. The number of nitrogens with one attached hydrogen (secondary N) is 2. The van der Waals surface area contributed by atoms with Crippen molar-refractivity contribution >= 4 is 0 Å². The standard InChI is InChI=1S/C25H49N3O4/c1-20(2)30-21-14-13-18-25(19-15-21,24(7)16-11-9-8-10-12-17-24)31-22(3,4)26-27-23(5,6)32-28-29/h20-21,26-27H,8-19H2,1-7H3. The Kier molecular flexibility index (Phi) is 9.95. The summed E-state index contributed by atoms with van der Waals surface area (Å²) in [6.07, 6.45) is 14.8. The summed E-state index contributed by atoms with van der Waals surface area (Å²) in [5.41, 5.74) is 4.66. The fraction of sp³-hybridized carbons (Fsp3) is 1.00. The maximum absolute atomic E-state index is 10.6. The van der Waals surface area contributed by atoms with E-state index in [4.69, 9.17) is 14.3 Å². The zero-order valence-corrected chi connectivity index (χ0v) is 21.7. The Morgan fingerprint density at radius 2 is 1.44 bits per heavy atom. The van der Waals surface area contributed by atoms with E-state index in [1.807, 2.05) is 13.8 Å². The molecule has 2 unspecified atom stereocenters. The van der Waals surface area contributed by atoms with Gasteiger partial charge in [-0.05, 0) is 91.9 Å². The maximum atomic E-state index is 10.6. The molecule has 0 aromatic carbocycles. The highest BCUT2D eigenvalue weighted by Crippen LogP contribution is 2.52. The van der Waals surface area contributed by atoms with Gasteiger partial charge in [0.05, 0.1) is 17.8 Å². The molecule has 32 heavy (non-hydrogen) atoms. The van der Waals surface area contributed by atoms with Gasteiger partial charge in [0.1, 0.15) is 5.72 Å². The molecule has 2 aliphatic rings. The Balaban J connectivity index is 2.26. The van der Waals surface area contributed by atoms with E-state index in [-0.39, 0.29) is 17.1 Å². The van der Waals surface area contributed by atoms with Crippen LogP contribution in [0.25, 0.3) is 0 Å². The van der Waals surface area contributed by atoms with Crippen LogP contribution in [0.3, 0.4) is 0 Å². The van der Waals surface area contributed by atoms with Crippen LogP contribution in [0.1, 0.15) is 126 Å². The van der Waals surface area contributed by atoms with Crippen molar-refractivity contribution in [3.63, 3.8) is 0 Å². The molecule has 0 spiro atoms. The van der Waals surface area contributed by atoms with Gasteiger partial charge < -0.3 is 14.3 Å². The highest BCUT2D eigenvalue weighted by Gasteiger charge is 2.51. The molecule has 0 heterocycles. The smallest absolute Gasteiger partial charge is 0.198 e. The quantitative estimate of drug-likeness (QED) is 0.169. The van der Waals surface area contributed by atoms with E-state index in [2.05, 4.69) is 37.0 Å². The van der Waals surface area contributed by atoms with Crippen LogP contribution in [0, 0.1) is 10.3 Å². The second-order valence-electron chi connectivity index (χ2n) is 11.6. The molecule has 7 nitrogen and oxygen atoms in total. The number of hydrogen-bond donors (Lipinski definition) is 2. The zero-order valence-electron chi connectivity index (χ0n) is 21.7. The summed E-state index contributed by atoms with van der Waals surface area (Å²) in [4.78, 5) is 15.5. The van der Waals surface area contributed by atoms with Gasteiger partial charge in [0.2, 0.25) is 0 Å². The summed E-state index contributed by atoms with van der Waals surface area (Å²) in [5.74, 6) is 0. The normalized spacial score (nSPS) is 27.9. The van der Waals surface area contributed by atoms with Crippen molar-refractivity contribution in [3.05, 3.63) is 4.91 Å². The molecule has 2 saturated carbocycles. The molecule has 188 valence electrons. The predicted octanol–water partition coefficient (Wildman–Crippen LogP) is 6.51. The Labute approximate surface area is 196 Å². The van der Waals surface area contributed by atoms with Crippen LogP contribution in [0.4, 0.5) is 0 Å². The first kappa shape index (κ1) is 27.5. The molecule has 2 atom stereocenters. The fourth-order valence-electron chi connectivity index (χ4n) is 5.70. The minimum Gasteiger partial charge on any atom is -0.376 e. The van der Waals surface area contributed by atoms with Crippen molar-refractivity contribution in [2.24, 2.45) is 10.8 Å². The highest BCUT2D eigenvalue weighted by atomic mass is 16.7. The van der Waals surface area contributed by atoms with Crippen LogP contribution in [0.15, 0.2) is 5.34 Å². The van der Waals surface area contributed by atoms with Gasteiger partial charge in [-0.3, -0.25) is 0 Å². The molecule has 0 aromatic rings. The molecule has 0 radical (unpaired) electrons. The van der Waals surface area contributed by atoms with Crippen molar-refractivity contribution in [1.29, 1.82) is 0 Å². The van der Waals surface area contributed by atoms with Crippen molar-refractivity contribution in [1.82, 2.24) is 10.9 Å². The Hall–Kier alpha value is -0.760. The first-order valence-corrected chi connectivity index (χ1v) is 12.8. The van der Waals surface area contributed by atoms with Gasteiger partial charge in [-0.2, -0.15) is 0 Å². The maximum Gasteiger partial charge on any atom is 0.198 e. The first-order valence-electron chi connectivity index (χ1n) is 12.8. The lowest BCUT2D eigenvalue weighted by Gasteiger charge is -2.53. The van der Waals surface area contributed by atoms with E-state index in [0.29, 0.717) is 6.10 Å². The third-order valence-electron chi connectivity index (χ3n) is 7.38. The van der Waals surface area contributed by atoms with E-state index in [9.17, 15) is 4.91 Å². The molecular formula is C25H49N3O4. The topological polar surface area (TPSA) is 81.2 Å². The van der Waals surface area contributed by atoms with E-state index in [1.165, 1.54) is 44.9 Å². The SMILES string of the molecule is CC(C)OC1CCCC(OC(C)(C)NNC(C)(C)ON=O)(C2(C)CCCCCCC2)CC1. The number of ether oxygens (including phenoxy) is 2. The van der Waals surface area contributed by atoms with Gasteiger partial charge in [0, 0.05) is 0 Å². The third-order valence-corrected chi connectivity index (χ3v) is 7.38. The molecule has 2 N–H and O–H groups in total. The Morgan fingerprint density at radius 3 is 2.03 bits per heavy atom. The third kappa shape index (κ3) is 7.93. The zero-order chi connectivity index (χ0) is 23.9. The molecular weight excluding hydrogens is 406 g/mol. The molecule has 0 bridgehead atoms. The summed E-state index contributed by atoms with van der Waals surface area (Å²) >= 11 is 0. The summed E-state index contributed by atoms with van der Waals surface area (Å²) in [5, 5.41) is 2.58.